The molecule has 3 N–H and O–H groups in total. The number of anilines is 1. The highest BCUT2D eigenvalue weighted by Crippen LogP contribution is 2.26. The van der Waals surface area contributed by atoms with Crippen LogP contribution >= 0.6 is 23.6 Å². The highest BCUT2D eigenvalue weighted by atomic mass is 32.1. The Kier molecular flexibility index (Phi) is 4.04. The van der Waals surface area contributed by atoms with Crippen molar-refractivity contribution in [3.63, 3.8) is 0 Å². The zero-order valence-electron chi connectivity index (χ0n) is 11.4. The number of fused-ring (bicyclic) bond motifs is 1. The molecular weight excluding hydrogens is 316 g/mol. The van der Waals surface area contributed by atoms with E-state index in [1.54, 1.807) is 24.3 Å². The van der Waals surface area contributed by atoms with E-state index < -0.39 is 0 Å². The number of hydrogen-bond donors (Lipinski definition) is 3. The molecule has 0 saturated carbocycles. The van der Waals surface area contributed by atoms with Crippen molar-refractivity contribution < 1.29 is 9.90 Å². The molecule has 0 aliphatic rings. The number of nitrogens with one attached hydrogen (secondary N) is 2. The van der Waals surface area contributed by atoms with Crippen LogP contribution in [0.2, 0.25) is 0 Å². The minimum Gasteiger partial charge on any atom is -0.508 e. The Hall–Kier alpha value is -2.44. The summed E-state index contributed by atoms with van der Waals surface area (Å²) in [5.74, 6) is -0.0244. The second kappa shape index (κ2) is 6.13. The van der Waals surface area contributed by atoms with Crippen LogP contribution in [0.5, 0.6) is 5.75 Å². The third kappa shape index (κ3) is 3.08. The summed E-state index contributed by atoms with van der Waals surface area (Å²) >= 11 is 6.54. The van der Waals surface area contributed by atoms with E-state index in [1.807, 2.05) is 29.6 Å². The van der Waals surface area contributed by atoms with Crippen LogP contribution in [-0.2, 0) is 0 Å². The molecule has 0 unspecified atom stereocenters. The quantitative estimate of drug-likeness (QED) is 0.627. The van der Waals surface area contributed by atoms with Gasteiger partial charge >= 0.3 is 0 Å². The Morgan fingerprint density at radius 2 is 2.00 bits per heavy atom. The highest BCUT2D eigenvalue weighted by molar-refractivity contribution is 7.80. The van der Waals surface area contributed by atoms with Gasteiger partial charge in [-0.25, -0.2) is 0 Å². The van der Waals surface area contributed by atoms with Gasteiger partial charge in [-0.2, -0.15) is 0 Å². The van der Waals surface area contributed by atoms with Crippen molar-refractivity contribution in [1.82, 2.24) is 5.32 Å². The highest BCUT2D eigenvalue weighted by Gasteiger charge is 2.09. The first-order chi connectivity index (χ1) is 10.6. The van der Waals surface area contributed by atoms with E-state index in [0.29, 0.717) is 4.88 Å². The van der Waals surface area contributed by atoms with Crippen molar-refractivity contribution in [3.05, 3.63) is 58.8 Å². The number of benzene rings is 2. The maximum Gasteiger partial charge on any atom is 0.267 e. The van der Waals surface area contributed by atoms with Crippen LogP contribution in [0, 0.1) is 0 Å². The second-order valence-electron chi connectivity index (χ2n) is 4.60. The van der Waals surface area contributed by atoms with Crippen LogP contribution in [0.4, 0.5) is 5.69 Å². The fraction of sp³-hybridized carbons (Fsp3) is 0. The number of aromatic hydroxyl groups is 1. The summed E-state index contributed by atoms with van der Waals surface area (Å²) in [4.78, 5) is 12.6. The Morgan fingerprint density at radius 1 is 1.14 bits per heavy atom. The topological polar surface area (TPSA) is 61.4 Å². The van der Waals surface area contributed by atoms with Gasteiger partial charge < -0.3 is 10.4 Å². The van der Waals surface area contributed by atoms with Gasteiger partial charge in [0.2, 0.25) is 0 Å². The van der Waals surface area contributed by atoms with E-state index in [2.05, 4.69) is 10.6 Å². The van der Waals surface area contributed by atoms with E-state index in [4.69, 9.17) is 12.2 Å². The van der Waals surface area contributed by atoms with Crippen LogP contribution in [0.1, 0.15) is 9.67 Å². The molecule has 3 rings (SSSR count). The van der Waals surface area contributed by atoms with E-state index in [0.717, 1.165) is 16.5 Å². The fourth-order valence-corrected chi connectivity index (χ4v) is 2.93. The number of thiocarbonyl (C=S) groups is 1. The molecule has 0 bridgehead atoms. The van der Waals surface area contributed by atoms with Crippen molar-refractivity contribution in [1.29, 1.82) is 0 Å². The Labute approximate surface area is 136 Å². The molecule has 2 aromatic carbocycles. The van der Waals surface area contributed by atoms with Crippen molar-refractivity contribution >= 4 is 51.0 Å². The first-order valence-electron chi connectivity index (χ1n) is 6.51. The van der Waals surface area contributed by atoms with Crippen molar-refractivity contribution in [2.24, 2.45) is 0 Å². The molecule has 22 heavy (non-hydrogen) atoms. The van der Waals surface area contributed by atoms with Gasteiger partial charge in [-0.3, -0.25) is 10.1 Å². The molecule has 1 amide bonds. The minimum atomic E-state index is -0.231. The molecule has 1 aromatic heterocycles. The standard InChI is InChI=1S/C16H12N2O2S2/c19-11-6-7-12-10(9-11)3-1-4-13(12)17-16(21)18-15(20)14-5-2-8-22-14/h1-9,19H,(H2,17,18,20,21). The summed E-state index contributed by atoms with van der Waals surface area (Å²) in [5, 5.41) is 19.1. The lowest BCUT2D eigenvalue weighted by atomic mass is 10.1. The summed E-state index contributed by atoms with van der Waals surface area (Å²) in [5.41, 5.74) is 0.772. The van der Waals surface area contributed by atoms with Gasteiger partial charge in [0.1, 0.15) is 5.75 Å². The molecule has 0 atom stereocenters. The summed E-state index contributed by atoms with van der Waals surface area (Å²) < 4.78 is 0. The maximum atomic E-state index is 12.0. The van der Waals surface area contributed by atoms with E-state index in [1.165, 1.54) is 11.3 Å². The zero-order chi connectivity index (χ0) is 15.5. The second-order valence-corrected chi connectivity index (χ2v) is 5.95. The summed E-state index contributed by atoms with van der Waals surface area (Å²) in [6, 6.07) is 14.3. The first kappa shape index (κ1) is 14.5. The molecule has 0 spiro atoms. The molecule has 0 fully saturated rings. The normalized spacial score (nSPS) is 10.4. The molecule has 0 radical (unpaired) electrons. The average molecular weight is 328 g/mol. The summed E-state index contributed by atoms with van der Waals surface area (Å²) in [6.07, 6.45) is 0. The molecule has 0 aliphatic carbocycles. The Morgan fingerprint density at radius 3 is 2.77 bits per heavy atom. The van der Waals surface area contributed by atoms with Crippen molar-refractivity contribution in [2.45, 2.75) is 0 Å². The molecular formula is C16H12N2O2S2. The molecule has 4 nitrogen and oxygen atoms in total. The van der Waals surface area contributed by atoms with Crippen molar-refractivity contribution in [3.8, 4) is 5.75 Å². The number of rotatable bonds is 2. The van der Waals surface area contributed by atoms with Gasteiger partial charge in [-0.05, 0) is 53.3 Å². The van der Waals surface area contributed by atoms with E-state index >= 15 is 0 Å². The van der Waals surface area contributed by atoms with Gasteiger partial charge in [-0.15, -0.1) is 11.3 Å². The van der Waals surface area contributed by atoms with Crippen LogP contribution < -0.4 is 10.6 Å². The number of hydrogen-bond acceptors (Lipinski definition) is 4. The zero-order valence-corrected chi connectivity index (χ0v) is 13.0. The molecule has 3 aromatic rings. The van der Waals surface area contributed by atoms with Gasteiger partial charge in [0.25, 0.3) is 5.91 Å². The molecule has 0 aliphatic heterocycles. The third-order valence-corrected chi connectivity index (χ3v) is 4.16. The number of phenolic OH excluding ortho intramolecular Hbond substituents is 1. The van der Waals surface area contributed by atoms with E-state index in [-0.39, 0.29) is 16.8 Å². The maximum absolute atomic E-state index is 12.0. The van der Waals surface area contributed by atoms with Crippen LogP contribution in [0.15, 0.2) is 53.9 Å². The number of carbonyl (C=O) groups excluding carboxylic acids is 1. The summed E-state index contributed by atoms with van der Waals surface area (Å²) in [6.45, 7) is 0. The largest absolute Gasteiger partial charge is 0.508 e. The van der Waals surface area contributed by atoms with Crippen LogP contribution in [0.3, 0.4) is 0 Å². The first-order valence-corrected chi connectivity index (χ1v) is 7.80. The number of amides is 1. The lowest BCUT2D eigenvalue weighted by molar-refractivity contribution is 0.0981. The fourth-order valence-electron chi connectivity index (χ4n) is 2.11. The molecule has 1 heterocycles. The van der Waals surface area contributed by atoms with E-state index in [9.17, 15) is 9.90 Å². The smallest absolute Gasteiger partial charge is 0.267 e. The lowest BCUT2D eigenvalue weighted by Gasteiger charge is -2.11. The number of phenols is 1. The predicted octanol–water partition coefficient (Wildman–Crippen LogP) is 3.73. The Bertz CT molecular complexity index is 844. The van der Waals surface area contributed by atoms with Crippen LogP contribution in [-0.4, -0.2) is 16.1 Å². The number of carbonyl (C=O) groups is 1. The van der Waals surface area contributed by atoms with Crippen molar-refractivity contribution in [2.75, 3.05) is 5.32 Å². The summed E-state index contributed by atoms with van der Waals surface area (Å²) in [7, 11) is 0. The SMILES string of the molecule is O=C(NC(=S)Nc1cccc2cc(O)ccc12)c1cccs1. The Balaban J connectivity index is 1.78. The van der Waals surface area contributed by atoms with Gasteiger partial charge in [-0.1, -0.05) is 18.2 Å². The predicted molar refractivity (Wildman–Crippen MR) is 93.6 cm³/mol. The molecule has 0 saturated heterocycles. The van der Waals surface area contributed by atoms with Gasteiger partial charge in [0.15, 0.2) is 5.11 Å². The monoisotopic (exact) mass is 328 g/mol. The number of thiophene rings is 1. The molecule has 6 heteroatoms. The van der Waals surface area contributed by atoms with Crippen LogP contribution in [0.25, 0.3) is 10.8 Å². The van der Waals surface area contributed by atoms with Gasteiger partial charge in [0, 0.05) is 11.1 Å². The minimum absolute atomic E-state index is 0.207. The average Bonchev–Trinajstić information content (AvgIpc) is 3.01. The third-order valence-electron chi connectivity index (χ3n) is 3.08. The molecule has 110 valence electrons. The lowest BCUT2D eigenvalue weighted by Crippen LogP contribution is -2.33. The van der Waals surface area contributed by atoms with Gasteiger partial charge in [0.05, 0.1) is 4.88 Å².